The highest BCUT2D eigenvalue weighted by Crippen LogP contribution is 2.11. The first kappa shape index (κ1) is 14.9. The fraction of sp³-hybridized carbons (Fsp3) is 0.769. The maximum atomic E-state index is 12.3. The molecule has 1 atom stereocenters. The molecule has 2 N–H and O–H groups in total. The predicted molar refractivity (Wildman–Crippen MR) is 74.1 cm³/mol. The van der Waals surface area contributed by atoms with Gasteiger partial charge in [0.25, 0.3) is 0 Å². The summed E-state index contributed by atoms with van der Waals surface area (Å²) in [6.45, 7) is 5.08. The molecular formula is C13H23N5O2. The van der Waals surface area contributed by atoms with E-state index >= 15 is 0 Å². The van der Waals surface area contributed by atoms with Crippen molar-refractivity contribution in [2.75, 3.05) is 32.8 Å². The summed E-state index contributed by atoms with van der Waals surface area (Å²) in [5.74, 6) is 0.0757. The van der Waals surface area contributed by atoms with Crippen molar-refractivity contribution in [2.45, 2.75) is 32.2 Å². The molecule has 1 aromatic heterocycles. The van der Waals surface area contributed by atoms with Crippen LogP contribution in [0, 0.1) is 0 Å². The van der Waals surface area contributed by atoms with Crippen LogP contribution in [0.1, 0.15) is 31.5 Å². The monoisotopic (exact) mass is 281 g/mol. The molecule has 0 aromatic carbocycles. The van der Waals surface area contributed by atoms with Crippen LogP contribution in [0.4, 0.5) is 0 Å². The van der Waals surface area contributed by atoms with Gasteiger partial charge >= 0.3 is 0 Å². The molecule has 1 unspecified atom stereocenters. The molecular weight excluding hydrogens is 258 g/mol. The third-order valence-corrected chi connectivity index (χ3v) is 3.52. The molecule has 1 aliphatic rings. The summed E-state index contributed by atoms with van der Waals surface area (Å²) in [6.07, 6.45) is 4.70. The average Bonchev–Trinajstić information content (AvgIpc) is 2.96. The lowest BCUT2D eigenvalue weighted by Gasteiger charge is -2.29. The second-order valence-corrected chi connectivity index (χ2v) is 5.05. The van der Waals surface area contributed by atoms with E-state index in [1.807, 2.05) is 18.0 Å². The SMILES string of the molecule is CC(C(=O)N1CCOCC1)n1cc(CCCCN)nn1. The molecule has 1 aromatic rings. The van der Waals surface area contributed by atoms with Gasteiger partial charge in [0.2, 0.25) is 5.91 Å². The van der Waals surface area contributed by atoms with Crippen molar-refractivity contribution in [1.82, 2.24) is 19.9 Å². The van der Waals surface area contributed by atoms with Gasteiger partial charge in [-0.2, -0.15) is 0 Å². The summed E-state index contributed by atoms with van der Waals surface area (Å²) in [5, 5.41) is 8.18. The first-order valence-corrected chi connectivity index (χ1v) is 7.19. The smallest absolute Gasteiger partial charge is 0.247 e. The van der Waals surface area contributed by atoms with E-state index in [4.69, 9.17) is 10.5 Å². The minimum atomic E-state index is -0.316. The van der Waals surface area contributed by atoms with Gasteiger partial charge in [0.05, 0.1) is 18.9 Å². The normalized spacial score (nSPS) is 17.2. The molecule has 2 rings (SSSR count). The van der Waals surface area contributed by atoms with Gasteiger partial charge in [-0.1, -0.05) is 5.21 Å². The Morgan fingerprint density at radius 3 is 2.90 bits per heavy atom. The van der Waals surface area contributed by atoms with Gasteiger partial charge in [-0.3, -0.25) is 4.79 Å². The fourth-order valence-electron chi connectivity index (χ4n) is 2.23. The Morgan fingerprint density at radius 1 is 1.45 bits per heavy atom. The first-order chi connectivity index (χ1) is 9.72. The third-order valence-electron chi connectivity index (χ3n) is 3.52. The molecule has 2 heterocycles. The maximum absolute atomic E-state index is 12.3. The summed E-state index contributed by atoms with van der Waals surface area (Å²) in [7, 11) is 0. The topological polar surface area (TPSA) is 86.3 Å². The van der Waals surface area contributed by atoms with Crippen LogP contribution >= 0.6 is 0 Å². The second kappa shape index (κ2) is 7.35. The number of nitrogens with two attached hydrogens (primary N) is 1. The minimum Gasteiger partial charge on any atom is -0.378 e. The van der Waals surface area contributed by atoms with Crippen molar-refractivity contribution >= 4 is 5.91 Å². The maximum Gasteiger partial charge on any atom is 0.247 e. The van der Waals surface area contributed by atoms with Crippen molar-refractivity contribution < 1.29 is 9.53 Å². The van der Waals surface area contributed by atoms with Gasteiger partial charge in [-0.25, -0.2) is 4.68 Å². The molecule has 112 valence electrons. The van der Waals surface area contributed by atoms with Crippen LogP contribution in [-0.2, 0) is 16.0 Å². The van der Waals surface area contributed by atoms with Crippen LogP contribution < -0.4 is 5.73 Å². The van der Waals surface area contributed by atoms with E-state index in [9.17, 15) is 4.79 Å². The number of aryl methyl sites for hydroxylation is 1. The Hall–Kier alpha value is -1.47. The van der Waals surface area contributed by atoms with E-state index < -0.39 is 0 Å². The highest BCUT2D eigenvalue weighted by atomic mass is 16.5. The zero-order valence-corrected chi connectivity index (χ0v) is 12.0. The summed E-state index contributed by atoms with van der Waals surface area (Å²) >= 11 is 0. The van der Waals surface area contributed by atoms with Crippen molar-refractivity contribution in [3.05, 3.63) is 11.9 Å². The predicted octanol–water partition coefficient (Wildman–Crippen LogP) is -0.0207. The lowest BCUT2D eigenvalue weighted by Crippen LogP contribution is -2.43. The Kier molecular flexibility index (Phi) is 5.49. The number of hydrogen-bond donors (Lipinski definition) is 1. The number of carbonyl (C=O) groups excluding carboxylic acids is 1. The van der Waals surface area contributed by atoms with E-state index in [1.165, 1.54) is 0 Å². The van der Waals surface area contributed by atoms with Crippen LogP contribution in [0.5, 0.6) is 0 Å². The van der Waals surface area contributed by atoms with Gasteiger partial charge in [0.1, 0.15) is 6.04 Å². The summed E-state index contributed by atoms with van der Waals surface area (Å²) in [6, 6.07) is -0.316. The first-order valence-electron chi connectivity index (χ1n) is 7.19. The number of unbranched alkanes of at least 4 members (excludes halogenated alkanes) is 1. The standard InChI is InChI=1S/C13H23N5O2/c1-11(13(19)17-6-8-20-9-7-17)18-10-12(15-16-18)4-2-3-5-14/h10-11H,2-9,14H2,1H3. The quantitative estimate of drug-likeness (QED) is 0.741. The summed E-state index contributed by atoms with van der Waals surface area (Å²) < 4.78 is 6.90. The summed E-state index contributed by atoms with van der Waals surface area (Å²) in [4.78, 5) is 14.2. The van der Waals surface area contributed by atoms with Crippen molar-refractivity contribution in [3.8, 4) is 0 Å². The van der Waals surface area contributed by atoms with Crippen molar-refractivity contribution in [2.24, 2.45) is 5.73 Å². The third kappa shape index (κ3) is 3.77. The molecule has 0 aliphatic carbocycles. The average molecular weight is 281 g/mol. The Labute approximate surface area is 119 Å². The van der Waals surface area contributed by atoms with E-state index in [0.717, 1.165) is 25.0 Å². The second-order valence-electron chi connectivity index (χ2n) is 5.05. The Morgan fingerprint density at radius 2 is 2.20 bits per heavy atom. The van der Waals surface area contributed by atoms with Crippen LogP contribution in [0.2, 0.25) is 0 Å². The van der Waals surface area contributed by atoms with E-state index in [2.05, 4.69) is 10.3 Å². The number of morpholine rings is 1. The number of amides is 1. The van der Waals surface area contributed by atoms with Gasteiger partial charge < -0.3 is 15.4 Å². The molecule has 1 amide bonds. The Balaban J connectivity index is 1.90. The molecule has 1 fully saturated rings. The number of rotatable bonds is 6. The van der Waals surface area contributed by atoms with Crippen LogP contribution in [0.3, 0.4) is 0 Å². The van der Waals surface area contributed by atoms with Crippen LogP contribution in [-0.4, -0.2) is 58.6 Å². The molecule has 7 nitrogen and oxygen atoms in total. The Bertz CT molecular complexity index is 428. The van der Waals surface area contributed by atoms with Gasteiger partial charge in [-0.05, 0) is 32.7 Å². The van der Waals surface area contributed by atoms with Gasteiger partial charge in [0, 0.05) is 19.3 Å². The van der Waals surface area contributed by atoms with E-state index in [0.29, 0.717) is 32.8 Å². The minimum absolute atomic E-state index is 0.0757. The number of ether oxygens (including phenoxy) is 1. The molecule has 0 bridgehead atoms. The lowest BCUT2D eigenvalue weighted by molar-refractivity contribution is -0.138. The van der Waals surface area contributed by atoms with Crippen LogP contribution in [0.15, 0.2) is 6.20 Å². The van der Waals surface area contributed by atoms with Crippen molar-refractivity contribution in [1.29, 1.82) is 0 Å². The molecule has 20 heavy (non-hydrogen) atoms. The van der Waals surface area contributed by atoms with E-state index in [-0.39, 0.29) is 11.9 Å². The highest BCUT2D eigenvalue weighted by Gasteiger charge is 2.24. The largest absolute Gasteiger partial charge is 0.378 e. The number of aromatic nitrogens is 3. The molecule has 0 spiro atoms. The number of hydrogen-bond acceptors (Lipinski definition) is 5. The van der Waals surface area contributed by atoms with Crippen molar-refractivity contribution in [3.63, 3.8) is 0 Å². The zero-order valence-electron chi connectivity index (χ0n) is 12.0. The van der Waals surface area contributed by atoms with Gasteiger partial charge in [0.15, 0.2) is 0 Å². The van der Waals surface area contributed by atoms with Gasteiger partial charge in [-0.15, -0.1) is 5.10 Å². The lowest BCUT2D eigenvalue weighted by atomic mass is 10.2. The summed E-state index contributed by atoms with van der Waals surface area (Å²) in [5.41, 5.74) is 6.38. The van der Waals surface area contributed by atoms with E-state index in [1.54, 1.807) is 4.68 Å². The molecule has 0 saturated carbocycles. The molecule has 1 saturated heterocycles. The fourth-order valence-corrected chi connectivity index (χ4v) is 2.23. The highest BCUT2D eigenvalue weighted by molar-refractivity contribution is 5.80. The number of carbonyl (C=O) groups is 1. The molecule has 1 aliphatic heterocycles. The zero-order chi connectivity index (χ0) is 14.4. The molecule has 0 radical (unpaired) electrons. The van der Waals surface area contributed by atoms with Crippen LogP contribution in [0.25, 0.3) is 0 Å². The molecule has 7 heteroatoms. The number of nitrogens with zero attached hydrogens (tertiary/aromatic N) is 4.